The molecule has 98 valence electrons. The molecule has 0 aromatic carbocycles. The minimum atomic E-state index is -0.803. The van der Waals surface area contributed by atoms with Crippen molar-refractivity contribution in [3.63, 3.8) is 0 Å². The molecule has 0 aliphatic heterocycles. The highest BCUT2D eigenvalue weighted by molar-refractivity contribution is 5.92. The van der Waals surface area contributed by atoms with Crippen LogP contribution in [0.15, 0.2) is 12.5 Å². The second kappa shape index (κ2) is 5.66. The predicted octanol–water partition coefficient (Wildman–Crippen LogP) is 1.17. The molecule has 6 heteroatoms. The zero-order chi connectivity index (χ0) is 13.0. The smallest absolute Gasteiger partial charge is 0.303 e. The summed E-state index contributed by atoms with van der Waals surface area (Å²) in [4.78, 5) is 29.2. The number of hydrogen-bond donors (Lipinski definition) is 3. The number of nitrogens with one attached hydrogen (secondary N) is 2. The number of carbonyl (C=O) groups excluding carboxylic acids is 1. The van der Waals surface area contributed by atoms with Crippen molar-refractivity contribution in [1.29, 1.82) is 0 Å². The van der Waals surface area contributed by atoms with Crippen LogP contribution >= 0.6 is 0 Å². The van der Waals surface area contributed by atoms with Crippen LogP contribution in [0.5, 0.6) is 0 Å². The van der Waals surface area contributed by atoms with Gasteiger partial charge in [-0.25, -0.2) is 4.98 Å². The summed E-state index contributed by atoms with van der Waals surface area (Å²) in [6.45, 7) is 0. The molecule has 1 aliphatic rings. The lowest BCUT2D eigenvalue weighted by molar-refractivity contribution is -0.138. The second-order valence-electron chi connectivity index (χ2n) is 4.69. The maximum absolute atomic E-state index is 11.9. The van der Waals surface area contributed by atoms with Crippen molar-refractivity contribution < 1.29 is 14.7 Å². The van der Waals surface area contributed by atoms with Crippen LogP contribution < -0.4 is 5.32 Å². The Morgan fingerprint density at radius 3 is 2.89 bits per heavy atom. The third-order valence-corrected chi connectivity index (χ3v) is 3.41. The Balaban J connectivity index is 1.97. The fraction of sp³-hybridized carbons (Fsp3) is 0.583. The van der Waals surface area contributed by atoms with E-state index in [9.17, 15) is 9.59 Å². The van der Waals surface area contributed by atoms with E-state index in [1.807, 2.05) is 0 Å². The van der Waals surface area contributed by atoms with Crippen LogP contribution in [0.1, 0.15) is 42.6 Å². The van der Waals surface area contributed by atoms with Gasteiger partial charge >= 0.3 is 5.97 Å². The van der Waals surface area contributed by atoms with Crippen LogP contribution in [0.25, 0.3) is 0 Å². The van der Waals surface area contributed by atoms with Gasteiger partial charge in [-0.05, 0) is 18.8 Å². The van der Waals surface area contributed by atoms with Gasteiger partial charge in [-0.15, -0.1) is 0 Å². The molecule has 1 fully saturated rings. The molecule has 0 spiro atoms. The molecular formula is C12H17N3O3. The summed E-state index contributed by atoms with van der Waals surface area (Å²) >= 11 is 0. The number of carboxylic acid groups (broad SMARTS) is 1. The normalized spacial score (nSPS) is 23.6. The van der Waals surface area contributed by atoms with E-state index < -0.39 is 5.97 Å². The number of aromatic amines is 1. The summed E-state index contributed by atoms with van der Waals surface area (Å²) in [5.41, 5.74) is 0.412. The van der Waals surface area contributed by atoms with Gasteiger partial charge in [-0.2, -0.15) is 0 Å². The van der Waals surface area contributed by atoms with Gasteiger partial charge in [0.15, 0.2) is 0 Å². The van der Waals surface area contributed by atoms with E-state index in [4.69, 9.17) is 5.11 Å². The highest BCUT2D eigenvalue weighted by Gasteiger charge is 2.28. The van der Waals surface area contributed by atoms with Crippen molar-refractivity contribution >= 4 is 11.9 Å². The molecule has 1 aliphatic carbocycles. The lowest BCUT2D eigenvalue weighted by atomic mass is 9.82. The lowest BCUT2D eigenvalue weighted by Crippen LogP contribution is -2.43. The van der Waals surface area contributed by atoms with Gasteiger partial charge in [0.25, 0.3) is 5.91 Å². The zero-order valence-corrected chi connectivity index (χ0v) is 10.1. The molecule has 1 amide bonds. The third kappa shape index (κ3) is 3.09. The lowest BCUT2D eigenvalue weighted by Gasteiger charge is -2.31. The highest BCUT2D eigenvalue weighted by Crippen LogP contribution is 2.27. The first kappa shape index (κ1) is 12.6. The van der Waals surface area contributed by atoms with E-state index in [1.54, 1.807) is 0 Å². The Kier molecular flexibility index (Phi) is 3.96. The average molecular weight is 251 g/mol. The van der Waals surface area contributed by atoms with Gasteiger partial charge in [-0.1, -0.05) is 12.8 Å². The van der Waals surface area contributed by atoms with E-state index in [2.05, 4.69) is 15.3 Å². The number of nitrogens with zero attached hydrogens (tertiary/aromatic N) is 1. The second-order valence-corrected chi connectivity index (χ2v) is 4.69. The number of carboxylic acids is 1. The number of rotatable bonds is 4. The Labute approximate surface area is 105 Å². The number of aromatic nitrogens is 2. The van der Waals surface area contributed by atoms with Crippen molar-refractivity contribution in [3.05, 3.63) is 18.2 Å². The highest BCUT2D eigenvalue weighted by atomic mass is 16.4. The van der Waals surface area contributed by atoms with Crippen LogP contribution in [-0.2, 0) is 4.79 Å². The van der Waals surface area contributed by atoms with Crippen LogP contribution in [0.4, 0.5) is 0 Å². The first-order valence-electron chi connectivity index (χ1n) is 6.18. The molecule has 3 N–H and O–H groups in total. The van der Waals surface area contributed by atoms with Crippen LogP contribution in [0.3, 0.4) is 0 Å². The summed E-state index contributed by atoms with van der Waals surface area (Å²) in [6.07, 6.45) is 6.80. The molecule has 1 aromatic heterocycles. The van der Waals surface area contributed by atoms with Gasteiger partial charge in [-0.3, -0.25) is 9.59 Å². The molecule has 0 radical (unpaired) electrons. The SMILES string of the molecule is O=C(O)CC1CCCCC1NC(=O)c1cnc[nH]1. The molecule has 6 nitrogen and oxygen atoms in total. The van der Waals surface area contributed by atoms with Crippen molar-refractivity contribution in [3.8, 4) is 0 Å². The van der Waals surface area contributed by atoms with Crippen LogP contribution in [-0.4, -0.2) is 33.0 Å². The number of H-pyrrole nitrogens is 1. The zero-order valence-electron chi connectivity index (χ0n) is 10.1. The van der Waals surface area contributed by atoms with E-state index in [-0.39, 0.29) is 24.3 Å². The summed E-state index contributed by atoms with van der Waals surface area (Å²) in [6, 6.07) is -0.0503. The number of amides is 1. The van der Waals surface area contributed by atoms with Crippen molar-refractivity contribution in [2.45, 2.75) is 38.1 Å². The summed E-state index contributed by atoms with van der Waals surface area (Å²) in [5, 5.41) is 11.8. The summed E-state index contributed by atoms with van der Waals surface area (Å²) < 4.78 is 0. The largest absolute Gasteiger partial charge is 0.481 e. The van der Waals surface area contributed by atoms with Gasteiger partial charge in [0.1, 0.15) is 5.69 Å². The van der Waals surface area contributed by atoms with E-state index >= 15 is 0 Å². The van der Waals surface area contributed by atoms with E-state index in [0.717, 1.165) is 25.7 Å². The molecule has 1 aromatic rings. The Morgan fingerprint density at radius 2 is 2.22 bits per heavy atom. The van der Waals surface area contributed by atoms with Crippen molar-refractivity contribution in [2.75, 3.05) is 0 Å². The van der Waals surface area contributed by atoms with Crippen LogP contribution in [0.2, 0.25) is 0 Å². The van der Waals surface area contributed by atoms with Crippen molar-refractivity contribution in [1.82, 2.24) is 15.3 Å². The van der Waals surface area contributed by atoms with E-state index in [0.29, 0.717) is 5.69 Å². The molecule has 2 atom stereocenters. The minimum absolute atomic E-state index is 0.0307. The molecule has 1 heterocycles. The fourth-order valence-corrected chi connectivity index (χ4v) is 2.49. The number of carbonyl (C=O) groups is 2. The molecular weight excluding hydrogens is 234 g/mol. The topological polar surface area (TPSA) is 95.1 Å². The maximum atomic E-state index is 11.9. The number of aliphatic carboxylic acids is 1. The van der Waals surface area contributed by atoms with Gasteiger partial charge in [0, 0.05) is 6.04 Å². The summed E-state index contributed by atoms with van der Waals surface area (Å²) in [5.74, 6) is -0.986. The molecule has 2 unspecified atom stereocenters. The van der Waals surface area contributed by atoms with Gasteiger partial charge < -0.3 is 15.4 Å². The fourth-order valence-electron chi connectivity index (χ4n) is 2.49. The van der Waals surface area contributed by atoms with E-state index in [1.165, 1.54) is 12.5 Å². The minimum Gasteiger partial charge on any atom is -0.481 e. The Hall–Kier alpha value is -1.85. The Morgan fingerprint density at radius 1 is 1.44 bits per heavy atom. The number of hydrogen-bond acceptors (Lipinski definition) is 3. The van der Waals surface area contributed by atoms with Crippen LogP contribution in [0, 0.1) is 5.92 Å². The predicted molar refractivity (Wildman–Crippen MR) is 64.1 cm³/mol. The first-order valence-corrected chi connectivity index (χ1v) is 6.18. The quantitative estimate of drug-likeness (QED) is 0.748. The molecule has 0 bridgehead atoms. The third-order valence-electron chi connectivity index (χ3n) is 3.41. The standard InChI is InChI=1S/C12H17N3O3/c16-11(17)5-8-3-1-2-4-9(8)15-12(18)10-6-13-7-14-10/h6-9H,1-5H2,(H,13,14)(H,15,18)(H,16,17). The molecule has 2 rings (SSSR count). The first-order chi connectivity index (χ1) is 8.66. The van der Waals surface area contributed by atoms with Crippen molar-refractivity contribution in [2.24, 2.45) is 5.92 Å². The maximum Gasteiger partial charge on any atom is 0.303 e. The van der Waals surface area contributed by atoms with Gasteiger partial charge in [0.05, 0.1) is 18.9 Å². The summed E-state index contributed by atoms with van der Waals surface area (Å²) in [7, 11) is 0. The molecule has 0 saturated heterocycles. The molecule has 1 saturated carbocycles. The molecule has 18 heavy (non-hydrogen) atoms. The Bertz CT molecular complexity index is 416. The average Bonchev–Trinajstić information content (AvgIpc) is 2.84. The number of imidazole rings is 1. The van der Waals surface area contributed by atoms with Gasteiger partial charge in [0.2, 0.25) is 0 Å². The monoisotopic (exact) mass is 251 g/mol.